The minimum atomic E-state index is -0.394. The zero-order chi connectivity index (χ0) is 19.0. The van der Waals surface area contributed by atoms with Gasteiger partial charge in [-0.05, 0) is 29.8 Å². The lowest BCUT2D eigenvalue weighted by Gasteiger charge is -2.28. The first-order valence-corrected chi connectivity index (χ1v) is 8.85. The fourth-order valence-corrected chi connectivity index (χ4v) is 3.50. The quantitative estimate of drug-likeness (QED) is 0.496. The number of benzene rings is 2. The first-order chi connectivity index (χ1) is 13.0. The SMILES string of the molecule is O=C1Nc2cc(Cl)ccc2C1=Cc1ccc(N2CCOCC2)c([N+](=O)[O-])c1. The second-order valence-corrected chi connectivity index (χ2v) is 6.74. The number of halogens is 1. The number of rotatable bonds is 3. The van der Waals surface area contributed by atoms with Gasteiger partial charge in [0, 0.05) is 35.3 Å². The Labute approximate surface area is 160 Å². The molecule has 1 saturated heterocycles. The summed E-state index contributed by atoms with van der Waals surface area (Å²) in [4.78, 5) is 25.4. The van der Waals surface area contributed by atoms with Crippen LogP contribution in [-0.4, -0.2) is 37.1 Å². The maximum absolute atomic E-state index is 12.3. The second kappa shape index (κ2) is 7.02. The third-order valence-electron chi connectivity index (χ3n) is 4.62. The Bertz CT molecular complexity index is 967. The predicted molar refractivity (Wildman–Crippen MR) is 104 cm³/mol. The molecule has 8 heteroatoms. The Kier molecular flexibility index (Phi) is 4.55. The molecule has 0 unspecified atom stereocenters. The monoisotopic (exact) mass is 385 g/mol. The molecule has 0 atom stereocenters. The van der Waals surface area contributed by atoms with Gasteiger partial charge in [0.05, 0.1) is 23.8 Å². The third-order valence-corrected chi connectivity index (χ3v) is 4.86. The van der Waals surface area contributed by atoms with Gasteiger partial charge in [0.2, 0.25) is 0 Å². The number of nitro benzene ring substituents is 1. The Hall–Kier alpha value is -2.90. The molecule has 2 aliphatic heterocycles. The molecule has 27 heavy (non-hydrogen) atoms. The molecule has 138 valence electrons. The highest BCUT2D eigenvalue weighted by Crippen LogP contribution is 2.36. The zero-order valence-corrected chi connectivity index (χ0v) is 15.0. The van der Waals surface area contributed by atoms with E-state index >= 15 is 0 Å². The van der Waals surface area contributed by atoms with E-state index in [1.54, 1.807) is 36.4 Å². The van der Waals surface area contributed by atoms with Crippen LogP contribution in [-0.2, 0) is 9.53 Å². The summed E-state index contributed by atoms with van der Waals surface area (Å²) in [6, 6.07) is 10.2. The fraction of sp³-hybridized carbons (Fsp3) is 0.211. The zero-order valence-electron chi connectivity index (χ0n) is 14.3. The van der Waals surface area contributed by atoms with Crippen LogP contribution in [0.3, 0.4) is 0 Å². The number of hydrogen-bond acceptors (Lipinski definition) is 5. The topological polar surface area (TPSA) is 84.7 Å². The molecule has 0 aromatic heterocycles. The molecule has 0 radical (unpaired) electrons. The van der Waals surface area contributed by atoms with Crippen LogP contribution in [0.5, 0.6) is 0 Å². The molecule has 7 nitrogen and oxygen atoms in total. The normalized spacial score (nSPS) is 17.7. The van der Waals surface area contributed by atoms with Crippen molar-refractivity contribution >= 4 is 46.2 Å². The van der Waals surface area contributed by atoms with Gasteiger partial charge in [-0.3, -0.25) is 14.9 Å². The van der Waals surface area contributed by atoms with Crippen LogP contribution in [0.1, 0.15) is 11.1 Å². The Morgan fingerprint density at radius 1 is 1.19 bits per heavy atom. The average molecular weight is 386 g/mol. The van der Waals surface area contributed by atoms with E-state index in [0.29, 0.717) is 53.8 Å². The Morgan fingerprint density at radius 3 is 2.70 bits per heavy atom. The molecule has 2 aromatic rings. The summed E-state index contributed by atoms with van der Waals surface area (Å²) in [5.41, 5.74) is 2.98. The van der Waals surface area contributed by atoms with Crippen molar-refractivity contribution in [2.75, 3.05) is 36.5 Å². The van der Waals surface area contributed by atoms with E-state index in [0.717, 1.165) is 5.56 Å². The van der Waals surface area contributed by atoms with Crippen molar-refractivity contribution in [1.29, 1.82) is 0 Å². The van der Waals surface area contributed by atoms with Gasteiger partial charge in [0.1, 0.15) is 5.69 Å². The highest BCUT2D eigenvalue weighted by Gasteiger charge is 2.25. The maximum atomic E-state index is 12.3. The van der Waals surface area contributed by atoms with Gasteiger partial charge in [0.25, 0.3) is 11.6 Å². The van der Waals surface area contributed by atoms with Crippen LogP contribution in [0.25, 0.3) is 11.6 Å². The first-order valence-electron chi connectivity index (χ1n) is 8.47. The Balaban J connectivity index is 1.73. The standard InChI is InChI=1S/C19H16ClN3O4/c20-13-2-3-14-15(19(24)21-16(14)11-13)9-12-1-4-17(18(10-12)23(25)26)22-5-7-27-8-6-22/h1-4,9-11H,5-8H2,(H,21,24). The van der Waals surface area contributed by atoms with Crippen LogP contribution in [0.4, 0.5) is 17.1 Å². The number of carbonyl (C=O) groups is 1. The molecule has 0 aliphatic carbocycles. The highest BCUT2D eigenvalue weighted by molar-refractivity contribution is 6.36. The molecule has 0 spiro atoms. The number of morpholine rings is 1. The number of nitrogens with one attached hydrogen (secondary N) is 1. The van der Waals surface area contributed by atoms with E-state index in [9.17, 15) is 14.9 Å². The minimum absolute atomic E-state index is 0.0148. The number of hydrogen-bond donors (Lipinski definition) is 1. The summed E-state index contributed by atoms with van der Waals surface area (Å²) in [6.45, 7) is 2.31. The smallest absolute Gasteiger partial charge is 0.293 e. The number of nitro groups is 1. The average Bonchev–Trinajstić information content (AvgIpc) is 2.96. The lowest BCUT2D eigenvalue weighted by atomic mass is 10.0. The summed E-state index contributed by atoms with van der Waals surface area (Å²) in [6.07, 6.45) is 1.66. The summed E-state index contributed by atoms with van der Waals surface area (Å²) >= 11 is 5.97. The summed E-state index contributed by atoms with van der Waals surface area (Å²) in [5.74, 6) is -0.257. The lowest BCUT2D eigenvalue weighted by molar-refractivity contribution is -0.384. The number of nitrogens with zero attached hydrogens (tertiary/aromatic N) is 2. The molecule has 4 rings (SSSR count). The van der Waals surface area contributed by atoms with Crippen molar-refractivity contribution in [3.63, 3.8) is 0 Å². The molecular formula is C19H16ClN3O4. The first kappa shape index (κ1) is 17.5. The van der Waals surface area contributed by atoms with E-state index in [-0.39, 0.29) is 11.6 Å². The molecule has 2 aromatic carbocycles. The van der Waals surface area contributed by atoms with Crippen molar-refractivity contribution in [2.24, 2.45) is 0 Å². The van der Waals surface area contributed by atoms with Crippen LogP contribution in [0.15, 0.2) is 36.4 Å². The Morgan fingerprint density at radius 2 is 1.96 bits per heavy atom. The molecular weight excluding hydrogens is 370 g/mol. The molecule has 2 aliphatic rings. The third kappa shape index (κ3) is 3.39. The van der Waals surface area contributed by atoms with Gasteiger partial charge in [-0.25, -0.2) is 0 Å². The van der Waals surface area contributed by atoms with Crippen molar-refractivity contribution in [3.8, 4) is 0 Å². The molecule has 0 saturated carbocycles. The van der Waals surface area contributed by atoms with Gasteiger partial charge in [-0.2, -0.15) is 0 Å². The van der Waals surface area contributed by atoms with Gasteiger partial charge >= 0.3 is 0 Å². The van der Waals surface area contributed by atoms with Crippen molar-refractivity contribution in [3.05, 3.63) is 62.7 Å². The van der Waals surface area contributed by atoms with Crippen LogP contribution >= 0.6 is 11.6 Å². The van der Waals surface area contributed by atoms with Crippen molar-refractivity contribution in [2.45, 2.75) is 0 Å². The fourth-order valence-electron chi connectivity index (χ4n) is 3.32. The van der Waals surface area contributed by atoms with Gasteiger partial charge in [-0.15, -0.1) is 0 Å². The van der Waals surface area contributed by atoms with Gasteiger partial charge < -0.3 is 15.0 Å². The summed E-state index contributed by atoms with van der Waals surface area (Å²) < 4.78 is 5.31. The summed E-state index contributed by atoms with van der Waals surface area (Å²) in [7, 11) is 0. The minimum Gasteiger partial charge on any atom is -0.378 e. The van der Waals surface area contributed by atoms with Crippen LogP contribution < -0.4 is 10.2 Å². The number of anilines is 2. The van der Waals surface area contributed by atoms with E-state index in [4.69, 9.17) is 16.3 Å². The molecule has 2 heterocycles. The van der Waals surface area contributed by atoms with Crippen molar-refractivity contribution in [1.82, 2.24) is 0 Å². The number of fused-ring (bicyclic) bond motifs is 1. The van der Waals surface area contributed by atoms with Crippen LogP contribution in [0, 0.1) is 10.1 Å². The van der Waals surface area contributed by atoms with E-state index in [1.807, 2.05) is 4.90 Å². The van der Waals surface area contributed by atoms with Gasteiger partial charge in [0.15, 0.2) is 0 Å². The summed E-state index contributed by atoms with van der Waals surface area (Å²) in [5, 5.41) is 14.9. The molecule has 0 bridgehead atoms. The lowest BCUT2D eigenvalue weighted by Crippen LogP contribution is -2.36. The number of carbonyl (C=O) groups excluding carboxylic acids is 1. The number of amides is 1. The van der Waals surface area contributed by atoms with E-state index in [1.165, 1.54) is 6.07 Å². The van der Waals surface area contributed by atoms with Gasteiger partial charge in [-0.1, -0.05) is 23.7 Å². The maximum Gasteiger partial charge on any atom is 0.293 e. The second-order valence-electron chi connectivity index (χ2n) is 6.31. The largest absolute Gasteiger partial charge is 0.378 e. The number of ether oxygens (including phenoxy) is 1. The van der Waals surface area contributed by atoms with E-state index in [2.05, 4.69) is 5.32 Å². The van der Waals surface area contributed by atoms with Crippen LogP contribution in [0.2, 0.25) is 5.02 Å². The molecule has 1 amide bonds. The van der Waals surface area contributed by atoms with E-state index < -0.39 is 4.92 Å². The molecule has 1 fully saturated rings. The highest BCUT2D eigenvalue weighted by atomic mass is 35.5. The predicted octanol–water partition coefficient (Wildman–Crippen LogP) is 3.58. The molecule has 1 N–H and O–H groups in total. The van der Waals surface area contributed by atoms with Crippen molar-refractivity contribution < 1.29 is 14.5 Å².